The minimum absolute atomic E-state index is 0.786. The van der Waals surface area contributed by atoms with Gasteiger partial charge in [0.25, 0.3) is 0 Å². The van der Waals surface area contributed by atoms with Gasteiger partial charge in [0.05, 0.1) is 6.61 Å². The molecule has 3 nitrogen and oxygen atoms in total. The van der Waals surface area contributed by atoms with Crippen molar-refractivity contribution in [1.82, 2.24) is 9.88 Å². The average molecular weight is 194 g/mol. The van der Waals surface area contributed by atoms with Crippen molar-refractivity contribution >= 4 is 0 Å². The highest BCUT2D eigenvalue weighted by atomic mass is 16.5. The van der Waals surface area contributed by atoms with Crippen LogP contribution in [0.1, 0.15) is 12.5 Å². The van der Waals surface area contributed by atoms with Crippen LogP contribution in [-0.2, 0) is 11.3 Å². The van der Waals surface area contributed by atoms with Crippen LogP contribution in [0.4, 0.5) is 0 Å². The van der Waals surface area contributed by atoms with Gasteiger partial charge in [0.15, 0.2) is 0 Å². The Morgan fingerprint density at radius 3 is 2.93 bits per heavy atom. The molecule has 1 rings (SSSR count). The highest BCUT2D eigenvalue weighted by Gasteiger charge is 2.02. The van der Waals surface area contributed by atoms with E-state index in [9.17, 15) is 0 Å². The van der Waals surface area contributed by atoms with Crippen LogP contribution in [-0.4, -0.2) is 36.7 Å². The van der Waals surface area contributed by atoms with Gasteiger partial charge in [-0.1, -0.05) is 13.0 Å². The van der Waals surface area contributed by atoms with Crippen LogP contribution in [0.15, 0.2) is 24.5 Å². The summed E-state index contributed by atoms with van der Waals surface area (Å²) < 4.78 is 5.05. The molecule has 0 saturated heterocycles. The molecule has 0 fully saturated rings. The molecule has 14 heavy (non-hydrogen) atoms. The molecule has 1 heterocycles. The highest BCUT2D eigenvalue weighted by molar-refractivity contribution is 5.07. The highest BCUT2D eigenvalue weighted by Crippen LogP contribution is 2.01. The standard InChI is InChI=1S/C11H18N2O/c1-3-13(7-8-14-2)10-11-5-4-6-12-9-11/h4-6,9H,3,7-8,10H2,1-2H3. The quantitative estimate of drug-likeness (QED) is 0.687. The van der Waals surface area contributed by atoms with E-state index in [2.05, 4.69) is 22.9 Å². The second kappa shape index (κ2) is 6.51. The molecule has 0 aliphatic rings. The van der Waals surface area contributed by atoms with Gasteiger partial charge in [0.1, 0.15) is 0 Å². The number of hydrogen-bond donors (Lipinski definition) is 0. The minimum Gasteiger partial charge on any atom is -0.383 e. The third-order valence-corrected chi connectivity index (χ3v) is 2.19. The van der Waals surface area contributed by atoms with Gasteiger partial charge in [-0.3, -0.25) is 9.88 Å². The summed E-state index contributed by atoms with van der Waals surface area (Å²) in [5, 5.41) is 0. The van der Waals surface area contributed by atoms with Crippen LogP contribution in [0.25, 0.3) is 0 Å². The van der Waals surface area contributed by atoms with Crippen LogP contribution in [0, 0.1) is 0 Å². The van der Waals surface area contributed by atoms with Crippen molar-refractivity contribution in [2.24, 2.45) is 0 Å². The molecular formula is C11H18N2O. The lowest BCUT2D eigenvalue weighted by atomic mass is 10.2. The Labute approximate surface area is 85.7 Å². The van der Waals surface area contributed by atoms with E-state index in [1.165, 1.54) is 5.56 Å². The van der Waals surface area contributed by atoms with Crippen molar-refractivity contribution in [3.05, 3.63) is 30.1 Å². The average Bonchev–Trinajstić information content (AvgIpc) is 2.25. The van der Waals surface area contributed by atoms with Gasteiger partial charge < -0.3 is 4.74 Å². The Morgan fingerprint density at radius 2 is 2.36 bits per heavy atom. The number of aromatic nitrogens is 1. The summed E-state index contributed by atoms with van der Waals surface area (Å²) in [6.07, 6.45) is 3.71. The summed E-state index contributed by atoms with van der Waals surface area (Å²) in [4.78, 5) is 6.43. The first kappa shape index (κ1) is 11.1. The van der Waals surface area contributed by atoms with Crippen molar-refractivity contribution in [3.8, 4) is 0 Å². The molecule has 0 N–H and O–H groups in total. The van der Waals surface area contributed by atoms with E-state index < -0.39 is 0 Å². The maximum absolute atomic E-state index is 5.05. The predicted octanol–water partition coefficient (Wildman–Crippen LogP) is 1.55. The third kappa shape index (κ3) is 3.85. The molecule has 0 bridgehead atoms. The number of likely N-dealkylation sites (N-methyl/N-ethyl adjacent to an activating group) is 1. The summed E-state index contributed by atoms with van der Waals surface area (Å²) in [5.74, 6) is 0. The van der Waals surface area contributed by atoms with Crippen molar-refractivity contribution < 1.29 is 4.74 Å². The van der Waals surface area contributed by atoms with Crippen molar-refractivity contribution in [1.29, 1.82) is 0 Å². The molecule has 0 saturated carbocycles. The lowest BCUT2D eigenvalue weighted by Gasteiger charge is -2.19. The van der Waals surface area contributed by atoms with E-state index in [0.29, 0.717) is 0 Å². The zero-order chi connectivity index (χ0) is 10.2. The molecule has 0 radical (unpaired) electrons. The van der Waals surface area contributed by atoms with E-state index in [1.54, 1.807) is 13.3 Å². The molecule has 0 unspecified atom stereocenters. The molecular weight excluding hydrogens is 176 g/mol. The van der Waals surface area contributed by atoms with Crippen LogP contribution in [0.5, 0.6) is 0 Å². The van der Waals surface area contributed by atoms with E-state index in [-0.39, 0.29) is 0 Å². The molecule has 0 aliphatic carbocycles. The normalized spacial score (nSPS) is 10.8. The fraction of sp³-hybridized carbons (Fsp3) is 0.545. The number of methoxy groups -OCH3 is 1. The van der Waals surface area contributed by atoms with Gasteiger partial charge >= 0.3 is 0 Å². The molecule has 3 heteroatoms. The van der Waals surface area contributed by atoms with E-state index >= 15 is 0 Å². The Morgan fingerprint density at radius 1 is 1.50 bits per heavy atom. The summed E-state index contributed by atoms with van der Waals surface area (Å²) in [6, 6.07) is 4.07. The van der Waals surface area contributed by atoms with Crippen LogP contribution in [0.2, 0.25) is 0 Å². The Hall–Kier alpha value is -0.930. The van der Waals surface area contributed by atoms with Crippen LogP contribution < -0.4 is 0 Å². The van der Waals surface area contributed by atoms with Crippen LogP contribution >= 0.6 is 0 Å². The topological polar surface area (TPSA) is 25.4 Å². The number of nitrogens with zero attached hydrogens (tertiary/aromatic N) is 2. The lowest BCUT2D eigenvalue weighted by molar-refractivity contribution is 0.147. The van der Waals surface area contributed by atoms with Gasteiger partial charge in [-0.15, -0.1) is 0 Å². The summed E-state index contributed by atoms with van der Waals surface area (Å²) in [6.45, 7) is 5.91. The van der Waals surface area contributed by atoms with Gasteiger partial charge in [-0.2, -0.15) is 0 Å². The molecule has 0 aliphatic heterocycles. The van der Waals surface area contributed by atoms with Gasteiger partial charge in [-0.25, -0.2) is 0 Å². The fourth-order valence-electron chi connectivity index (χ4n) is 1.32. The smallest absolute Gasteiger partial charge is 0.0589 e. The Balaban J connectivity index is 2.40. The Bertz CT molecular complexity index is 238. The van der Waals surface area contributed by atoms with Gasteiger partial charge in [-0.05, 0) is 18.2 Å². The number of rotatable bonds is 6. The maximum Gasteiger partial charge on any atom is 0.0589 e. The SMILES string of the molecule is CCN(CCOC)Cc1cccnc1. The first-order chi connectivity index (χ1) is 6.86. The molecule has 0 atom stereocenters. The number of ether oxygens (including phenoxy) is 1. The fourth-order valence-corrected chi connectivity index (χ4v) is 1.32. The molecule has 0 amide bonds. The molecule has 1 aromatic heterocycles. The van der Waals surface area contributed by atoms with Crippen molar-refractivity contribution in [3.63, 3.8) is 0 Å². The largest absolute Gasteiger partial charge is 0.383 e. The second-order valence-electron chi connectivity index (χ2n) is 3.22. The predicted molar refractivity (Wildman–Crippen MR) is 57.1 cm³/mol. The van der Waals surface area contributed by atoms with E-state index in [0.717, 1.165) is 26.2 Å². The lowest BCUT2D eigenvalue weighted by Crippen LogP contribution is -2.26. The molecule has 0 spiro atoms. The monoisotopic (exact) mass is 194 g/mol. The molecule has 78 valence electrons. The number of hydrogen-bond acceptors (Lipinski definition) is 3. The van der Waals surface area contributed by atoms with Crippen molar-refractivity contribution in [2.45, 2.75) is 13.5 Å². The molecule has 0 aromatic carbocycles. The van der Waals surface area contributed by atoms with Gasteiger partial charge in [0.2, 0.25) is 0 Å². The van der Waals surface area contributed by atoms with Crippen molar-refractivity contribution in [2.75, 3.05) is 26.8 Å². The first-order valence-corrected chi connectivity index (χ1v) is 4.97. The van der Waals surface area contributed by atoms with E-state index in [1.807, 2.05) is 12.3 Å². The zero-order valence-corrected chi connectivity index (χ0v) is 8.94. The zero-order valence-electron chi connectivity index (χ0n) is 8.94. The summed E-state index contributed by atoms with van der Waals surface area (Å²) in [7, 11) is 1.73. The van der Waals surface area contributed by atoms with Gasteiger partial charge in [0, 0.05) is 32.6 Å². The second-order valence-corrected chi connectivity index (χ2v) is 3.22. The molecule has 1 aromatic rings. The summed E-state index contributed by atoms with van der Waals surface area (Å²) >= 11 is 0. The minimum atomic E-state index is 0.786. The van der Waals surface area contributed by atoms with Crippen LogP contribution in [0.3, 0.4) is 0 Å². The Kier molecular flexibility index (Phi) is 5.19. The number of pyridine rings is 1. The summed E-state index contributed by atoms with van der Waals surface area (Å²) in [5.41, 5.74) is 1.26. The first-order valence-electron chi connectivity index (χ1n) is 4.97. The maximum atomic E-state index is 5.05. The third-order valence-electron chi connectivity index (χ3n) is 2.19. The van der Waals surface area contributed by atoms with E-state index in [4.69, 9.17) is 4.74 Å².